The molecule has 7 heteroatoms. The fraction of sp³-hybridized carbons (Fsp3) is 0.500. The van der Waals surface area contributed by atoms with E-state index in [9.17, 15) is 0 Å². The molecule has 0 fully saturated rings. The van der Waals surface area contributed by atoms with Crippen LogP contribution in [0.3, 0.4) is 0 Å². The molecule has 0 aliphatic heterocycles. The molecule has 0 radical (unpaired) electrons. The largest absolute Gasteiger partial charge is 0.492 e. The summed E-state index contributed by atoms with van der Waals surface area (Å²) < 4.78 is 11.0. The topological polar surface area (TPSA) is 49.3 Å². The van der Waals surface area contributed by atoms with Crippen LogP contribution >= 0.6 is 11.3 Å². The summed E-state index contributed by atoms with van der Waals surface area (Å²) in [6.07, 6.45) is 1.02. The number of thiophene rings is 1. The first-order chi connectivity index (χ1) is 14.1. The van der Waals surface area contributed by atoms with E-state index < -0.39 is 0 Å². The lowest BCUT2D eigenvalue weighted by atomic mass is 10.2. The van der Waals surface area contributed by atoms with Gasteiger partial charge in [0, 0.05) is 52.3 Å². The number of nitrogens with one attached hydrogen (secondary N) is 1. The maximum atomic E-state index is 5.91. The zero-order chi connectivity index (χ0) is 20.9. The molecule has 2 rings (SSSR count). The summed E-state index contributed by atoms with van der Waals surface area (Å²) in [4.78, 5) is 10.2. The Morgan fingerprint density at radius 2 is 1.93 bits per heavy atom. The number of hydrogen-bond donors (Lipinski definition) is 1. The van der Waals surface area contributed by atoms with Crippen molar-refractivity contribution in [1.82, 2.24) is 15.1 Å². The third kappa shape index (κ3) is 8.85. The molecule has 1 N–H and O–H groups in total. The highest BCUT2D eigenvalue weighted by molar-refractivity contribution is 7.09. The van der Waals surface area contributed by atoms with Crippen molar-refractivity contribution in [2.45, 2.75) is 13.0 Å². The lowest BCUT2D eigenvalue weighted by molar-refractivity contribution is 0.150. The van der Waals surface area contributed by atoms with Gasteiger partial charge in [0.1, 0.15) is 12.4 Å². The molecular weight excluding hydrogens is 384 g/mol. The van der Waals surface area contributed by atoms with Gasteiger partial charge in [0.15, 0.2) is 5.96 Å². The Labute approximate surface area is 179 Å². The van der Waals surface area contributed by atoms with Crippen LogP contribution in [0.25, 0.3) is 0 Å². The van der Waals surface area contributed by atoms with Gasteiger partial charge in [0.05, 0.1) is 6.61 Å². The summed E-state index contributed by atoms with van der Waals surface area (Å²) >= 11 is 1.80. The number of rotatable bonds is 12. The Morgan fingerprint density at radius 3 is 2.66 bits per heavy atom. The second-order valence-corrected chi connectivity index (χ2v) is 7.98. The Kier molecular flexibility index (Phi) is 10.5. The van der Waals surface area contributed by atoms with Gasteiger partial charge < -0.3 is 24.6 Å². The first-order valence-corrected chi connectivity index (χ1v) is 10.8. The molecule has 2 aromatic rings. The van der Waals surface area contributed by atoms with E-state index in [1.165, 1.54) is 10.4 Å². The van der Waals surface area contributed by atoms with Gasteiger partial charge in [0.2, 0.25) is 0 Å². The van der Waals surface area contributed by atoms with Gasteiger partial charge in [0.25, 0.3) is 0 Å². The molecule has 29 heavy (non-hydrogen) atoms. The number of nitrogens with zero attached hydrogens (tertiary/aromatic N) is 3. The molecular formula is C22H34N4O2S. The van der Waals surface area contributed by atoms with Gasteiger partial charge in [-0.15, -0.1) is 11.3 Å². The fourth-order valence-corrected chi connectivity index (χ4v) is 3.53. The third-order valence-electron chi connectivity index (χ3n) is 4.62. The lowest BCUT2D eigenvalue weighted by Crippen LogP contribution is -2.39. The number of benzene rings is 1. The summed E-state index contributed by atoms with van der Waals surface area (Å²) in [5.41, 5.74) is 1.17. The van der Waals surface area contributed by atoms with E-state index in [1.54, 1.807) is 18.4 Å². The molecule has 0 saturated carbocycles. The number of hydrogen-bond acceptors (Lipinski definition) is 5. The van der Waals surface area contributed by atoms with E-state index in [0.717, 1.165) is 44.4 Å². The highest BCUT2D eigenvalue weighted by Gasteiger charge is 2.07. The molecule has 0 bridgehead atoms. The van der Waals surface area contributed by atoms with Crippen LogP contribution in [-0.2, 0) is 17.7 Å². The average molecular weight is 419 g/mol. The zero-order valence-electron chi connectivity index (χ0n) is 18.1. The molecule has 6 nitrogen and oxygen atoms in total. The second-order valence-electron chi connectivity index (χ2n) is 6.94. The maximum absolute atomic E-state index is 5.91. The van der Waals surface area contributed by atoms with E-state index >= 15 is 0 Å². The van der Waals surface area contributed by atoms with Crippen molar-refractivity contribution in [2.75, 3.05) is 61.1 Å². The minimum absolute atomic E-state index is 0.657. The maximum Gasteiger partial charge on any atom is 0.193 e. The van der Waals surface area contributed by atoms with Gasteiger partial charge >= 0.3 is 0 Å². The van der Waals surface area contributed by atoms with Crippen LogP contribution in [0.15, 0.2) is 46.8 Å². The summed E-state index contributed by atoms with van der Waals surface area (Å²) in [5, 5.41) is 5.56. The Hall–Kier alpha value is -2.09. The van der Waals surface area contributed by atoms with Crippen molar-refractivity contribution in [3.05, 3.63) is 52.2 Å². The highest BCUT2D eigenvalue weighted by Crippen LogP contribution is 2.13. The number of aliphatic imine (C=N–C) groups is 1. The van der Waals surface area contributed by atoms with Gasteiger partial charge in [-0.1, -0.05) is 18.2 Å². The van der Waals surface area contributed by atoms with Gasteiger partial charge in [-0.05, 0) is 42.6 Å². The van der Waals surface area contributed by atoms with Crippen LogP contribution in [0.1, 0.15) is 10.4 Å². The van der Waals surface area contributed by atoms with Crippen LogP contribution in [0, 0.1) is 0 Å². The van der Waals surface area contributed by atoms with Crippen molar-refractivity contribution in [3.63, 3.8) is 0 Å². The summed E-state index contributed by atoms with van der Waals surface area (Å²) in [6, 6.07) is 12.5. The van der Waals surface area contributed by atoms with E-state index in [2.05, 4.69) is 63.8 Å². The van der Waals surface area contributed by atoms with E-state index in [-0.39, 0.29) is 0 Å². The molecule has 0 amide bonds. The van der Waals surface area contributed by atoms with Crippen LogP contribution in [0.5, 0.6) is 5.75 Å². The number of guanidine groups is 1. The van der Waals surface area contributed by atoms with Crippen molar-refractivity contribution < 1.29 is 9.47 Å². The summed E-state index contributed by atoms with van der Waals surface area (Å²) in [7, 11) is 7.69. The number of methoxy groups -OCH3 is 1. The first kappa shape index (κ1) is 23.2. The Morgan fingerprint density at radius 1 is 1.10 bits per heavy atom. The van der Waals surface area contributed by atoms with Crippen LogP contribution in [-0.4, -0.2) is 76.9 Å². The quantitative estimate of drug-likeness (QED) is 0.424. The molecule has 1 aromatic carbocycles. The SMILES string of the molecule is CN=C(NCc1cccc(OCCN(C)CCOC)c1)N(C)CCc1cccs1. The van der Waals surface area contributed by atoms with Crippen molar-refractivity contribution >= 4 is 17.3 Å². The standard InChI is InChI=1S/C22H34N4O2S/c1-23-22(26(3)11-10-21-9-6-16-29-21)24-18-19-7-5-8-20(17-19)28-15-13-25(2)12-14-27-4/h5-9,16-17H,10-15,18H2,1-4H3,(H,23,24). The van der Waals surface area contributed by atoms with Crippen molar-refractivity contribution in [3.8, 4) is 5.75 Å². The molecule has 160 valence electrons. The Bertz CT molecular complexity index is 721. The lowest BCUT2D eigenvalue weighted by Gasteiger charge is -2.22. The summed E-state index contributed by atoms with van der Waals surface area (Å²) in [6.45, 7) is 4.81. The van der Waals surface area contributed by atoms with Crippen molar-refractivity contribution in [2.24, 2.45) is 4.99 Å². The molecule has 1 aromatic heterocycles. The number of ether oxygens (including phenoxy) is 2. The fourth-order valence-electron chi connectivity index (χ4n) is 2.83. The third-order valence-corrected chi connectivity index (χ3v) is 5.55. The predicted molar refractivity (Wildman–Crippen MR) is 122 cm³/mol. The van der Waals surface area contributed by atoms with Gasteiger partial charge in [-0.3, -0.25) is 4.99 Å². The normalized spacial score (nSPS) is 11.7. The van der Waals surface area contributed by atoms with Gasteiger partial charge in [-0.25, -0.2) is 0 Å². The monoisotopic (exact) mass is 418 g/mol. The van der Waals surface area contributed by atoms with Crippen LogP contribution in [0.4, 0.5) is 0 Å². The van der Waals surface area contributed by atoms with E-state index in [4.69, 9.17) is 9.47 Å². The molecule has 0 atom stereocenters. The first-order valence-electron chi connectivity index (χ1n) is 9.95. The Balaban J connectivity index is 1.76. The highest BCUT2D eigenvalue weighted by atomic mass is 32.1. The predicted octanol–water partition coefficient (Wildman–Crippen LogP) is 2.96. The second kappa shape index (κ2) is 13.2. The number of likely N-dealkylation sites (N-methyl/N-ethyl adjacent to an activating group) is 2. The molecule has 0 aliphatic rings. The van der Waals surface area contributed by atoms with Crippen LogP contribution < -0.4 is 10.1 Å². The summed E-state index contributed by atoms with van der Waals surface area (Å²) in [5.74, 6) is 1.79. The molecule has 0 saturated heterocycles. The zero-order valence-corrected chi connectivity index (χ0v) is 18.9. The smallest absolute Gasteiger partial charge is 0.193 e. The van der Waals surface area contributed by atoms with Crippen LogP contribution in [0.2, 0.25) is 0 Å². The van der Waals surface area contributed by atoms with E-state index in [1.807, 2.05) is 19.2 Å². The molecule has 0 aliphatic carbocycles. The molecule has 0 spiro atoms. The minimum Gasteiger partial charge on any atom is -0.492 e. The van der Waals surface area contributed by atoms with Gasteiger partial charge in [-0.2, -0.15) is 0 Å². The van der Waals surface area contributed by atoms with E-state index in [0.29, 0.717) is 13.2 Å². The van der Waals surface area contributed by atoms with Crippen molar-refractivity contribution in [1.29, 1.82) is 0 Å². The minimum atomic E-state index is 0.657. The molecule has 0 unspecified atom stereocenters. The average Bonchev–Trinajstić information content (AvgIpc) is 3.25. The molecule has 1 heterocycles.